The summed E-state index contributed by atoms with van der Waals surface area (Å²) in [4.78, 5) is 20.0. The number of likely N-dealkylation sites (tertiary alicyclic amines) is 1. The number of piperidine rings is 1. The highest BCUT2D eigenvalue weighted by molar-refractivity contribution is 5.93. The predicted molar refractivity (Wildman–Crippen MR) is 121 cm³/mol. The zero-order valence-electron chi connectivity index (χ0n) is 17.6. The van der Waals surface area contributed by atoms with Crippen LogP contribution in [0.15, 0.2) is 71.3 Å². The average Bonchev–Trinajstić information content (AvgIpc) is 3.44. The van der Waals surface area contributed by atoms with Crippen LogP contribution >= 0.6 is 0 Å². The smallest absolute Gasteiger partial charge is 0.228 e. The van der Waals surface area contributed by atoms with E-state index in [0.717, 1.165) is 66.3 Å². The summed E-state index contributed by atoms with van der Waals surface area (Å²) < 4.78 is 7.58. The lowest BCUT2D eigenvalue weighted by Crippen LogP contribution is -2.40. The summed E-state index contributed by atoms with van der Waals surface area (Å²) in [5.74, 6) is 1.92. The maximum Gasteiger partial charge on any atom is 0.228 e. The van der Waals surface area contributed by atoms with E-state index in [9.17, 15) is 4.79 Å². The second kappa shape index (κ2) is 8.40. The van der Waals surface area contributed by atoms with Crippen molar-refractivity contribution in [3.63, 3.8) is 0 Å². The van der Waals surface area contributed by atoms with Crippen LogP contribution < -0.4 is 5.32 Å². The summed E-state index contributed by atoms with van der Waals surface area (Å²) in [5.41, 5.74) is 3.97. The number of aryl methyl sites for hydroxylation is 1. The molecule has 1 aliphatic rings. The Labute approximate surface area is 181 Å². The highest BCUT2D eigenvalue weighted by atomic mass is 16.3. The molecule has 6 heteroatoms. The molecule has 0 bridgehead atoms. The molecule has 2 aromatic heterocycles. The van der Waals surface area contributed by atoms with Gasteiger partial charge in [-0.05, 0) is 67.9 Å². The van der Waals surface area contributed by atoms with E-state index < -0.39 is 0 Å². The van der Waals surface area contributed by atoms with Crippen molar-refractivity contribution < 1.29 is 9.21 Å². The molecule has 0 spiro atoms. The molecule has 2 aromatic carbocycles. The zero-order chi connectivity index (χ0) is 21.2. The van der Waals surface area contributed by atoms with Gasteiger partial charge in [-0.2, -0.15) is 0 Å². The first-order valence-corrected chi connectivity index (χ1v) is 10.7. The third kappa shape index (κ3) is 4.11. The van der Waals surface area contributed by atoms with Gasteiger partial charge in [0, 0.05) is 24.8 Å². The van der Waals surface area contributed by atoms with Crippen LogP contribution in [0.5, 0.6) is 0 Å². The van der Waals surface area contributed by atoms with Crippen LogP contribution in [0, 0.1) is 5.92 Å². The van der Waals surface area contributed by atoms with Crippen LogP contribution in [0.4, 0.5) is 5.69 Å². The van der Waals surface area contributed by atoms with Crippen LogP contribution in [0.25, 0.3) is 22.4 Å². The second-order valence-electron chi connectivity index (χ2n) is 8.19. The minimum Gasteiger partial charge on any atom is -0.464 e. The standard InChI is InChI=1S/C25H26N4O2/c1-28-22-8-3-2-7-21(22)27-24(28)17-29-14-4-6-19(16-29)25(30)26-20-12-10-18(11-13-20)23-9-5-15-31-23/h2-3,5,7-13,15,19H,4,6,14,16-17H2,1H3,(H,26,30)/t19-/m0/s1. The number of anilines is 1. The summed E-state index contributed by atoms with van der Waals surface area (Å²) in [7, 11) is 2.06. The van der Waals surface area contributed by atoms with E-state index in [1.165, 1.54) is 0 Å². The number of amides is 1. The maximum atomic E-state index is 12.9. The summed E-state index contributed by atoms with van der Waals surface area (Å²) in [6.45, 7) is 2.50. The van der Waals surface area contributed by atoms with Crippen molar-refractivity contribution in [3.05, 3.63) is 72.8 Å². The number of furan rings is 1. The lowest BCUT2D eigenvalue weighted by atomic mass is 9.97. The fourth-order valence-electron chi connectivity index (χ4n) is 4.35. The van der Waals surface area contributed by atoms with Crippen LogP contribution in [-0.4, -0.2) is 33.4 Å². The molecular formula is C25H26N4O2. The number of fused-ring (bicyclic) bond motifs is 1. The molecule has 1 N–H and O–H groups in total. The molecule has 0 unspecified atom stereocenters. The monoisotopic (exact) mass is 414 g/mol. The van der Waals surface area contributed by atoms with Crippen molar-refractivity contribution in [1.82, 2.24) is 14.5 Å². The number of rotatable bonds is 5. The third-order valence-electron chi connectivity index (χ3n) is 6.08. The van der Waals surface area contributed by atoms with Crippen molar-refractivity contribution in [2.45, 2.75) is 19.4 Å². The van der Waals surface area contributed by atoms with Gasteiger partial charge in [-0.25, -0.2) is 4.98 Å². The highest BCUT2D eigenvalue weighted by Gasteiger charge is 2.26. The molecule has 31 heavy (non-hydrogen) atoms. The molecular weight excluding hydrogens is 388 g/mol. The molecule has 158 valence electrons. The summed E-state index contributed by atoms with van der Waals surface area (Å²) >= 11 is 0. The molecule has 1 aliphatic heterocycles. The van der Waals surface area contributed by atoms with E-state index >= 15 is 0 Å². The van der Waals surface area contributed by atoms with Crippen LogP contribution in [0.1, 0.15) is 18.7 Å². The Morgan fingerprint density at radius 3 is 2.74 bits per heavy atom. The average molecular weight is 415 g/mol. The summed E-state index contributed by atoms with van der Waals surface area (Å²) in [5, 5.41) is 3.08. The lowest BCUT2D eigenvalue weighted by molar-refractivity contribution is -0.121. The number of nitrogens with zero attached hydrogens (tertiary/aromatic N) is 3. The quantitative estimate of drug-likeness (QED) is 0.515. The Hall–Kier alpha value is -3.38. The largest absolute Gasteiger partial charge is 0.464 e. The van der Waals surface area contributed by atoms with Gasteiger partial charge in [-0.15, -0.1) is 0 Å². The first-order valence-electron chi connectivity index (χ1n) is 10.7. The number of nitrogens with one attached hydrogen (secondary N) is 1. The second-order valence-corrected chi connectivity index (χ2v) is 8.19. The van der Waals surface area contributed by atoms with E-state index in [4.69, 9.17) is 9.40 Å². The van der Waals surface area contributed by atoms with Crippen LogP contribution in [0.3, 0.4) is 0 Å². The first-order chi connectivity index (χ1) is 15.2. The molecule has 1 atom stereocenters. The fourth-order valence-corrected chi connectivity index (χ4v) is 4.35. The number of para-hydroxylation sites is 2. The van der Waals surface area contributed by atoms with Crippen LogP contribution in [0.2, 0.25) is 0 Å². The molecule has 0 radical (unpaired) electrons. The Balaban J connectivity index is 1.22. The SMILES string of the molecule is Cn1c(CN2CCC[C@H](C(=O)Nc3ccc(-c4ccco4)cc3)C2)nc2ccccc21. The van der Waals surface area contributed by atoms with Gasteiger partial charge < -0.3 is 14.3 Å². The van der Waals surface area contributed by atoms with Crippen molar-refractivity contribution in [2.24, 2.45) is 13.0 Å². The van der Waals surface area contributed by atoms with Gasteiger partial charge in [0.25, 0.3) is 0 Å². The van der Waals surface area contributed by atoms with Gasteiger partial charge in [0.15, 0.2) is 0 Å². The van der Waals surface area contributed by atoms with Gasteiger partial charge in [-0.1, -0.05) is 12.1 Å². The molecule has 5 rings (SSSR count). The Bertz CT molecular complexity index is 1180. The highest BCUT2D eigenvalue weighted by Crippen LogP contribution is 2.24. The van der Waals surface area contributed by atoms with Crippen LogP contribution in [-0.2, 0) is 18.4 Å². The minimum atomic E-state index is -0.0202. The normalized spacial score (nSPS) is 17.1. The summed E-state index contributed by atoms with van der Waals surface area (Å²) in [6, 6.07) is 19.8. The predicted octanol–water partition coefficient (Wildman–Crippen LogP) is 4.68. The Morgan fingerprint density at radius 1 is 1.13 bits per heavy atom. The van der Waals surface area contributed by atoms with E-state index in [2.05, 4.69) is 27.9 Å². The van der Waals surface area contributed by atoms with Gasteiger partial charge >= 0.3 is 0 Å². The number of aromatic nitrogens is 2. The van der Waals surface area contributed by atoms with Gasteiger partial charge in [0.2, 0.25) is 5.91 Å². The van der Waals surface area contributed by atoms with Crippen molar-refractivity contribution in [2.75, 3.05) is 18.4 Å². The van der Waals surface area contributed by atoms with E-state index in [-0.39, 0.29) is 11.8 Å². The Morgan fingerprint density at radius 2 is 1.97 bits per heavy atom. The van der Waals surface area contributed by atoms with E-state index in [1.807, 2.05) is 54.6 Å². The van der Waals surface area contributed by atoms with E-state index in [0.29, 0.717) is 0 Å². The van der Waals surface area contributed by atoms with Crippen molar-refractivity contribution >= 4 is 22.6 Å². The van der Waals surface area contributed by atoms with Crippen molar-refractivity contribution in [1.29, 1.82) is 0 Å². The Kier molecular flexibility index (Phi) is 5.30. The molecule has 4 aromatic rings. The fraction of sp³-hybridized carbons (Fsp3) is 0.280. The topological polar surface area (TPSA) is 63.3 Å². The first kappa shape index (κ1) is 19.6. The number of carbonyl (C=O) groups is 1. The summed E-state index contributed by atoms with van der Waals surface area (Å²) in [6.07, 6.45) is 3.59. The molecule has 1 fully saturated rings. The molecule has 6 nitrogen and oxygen atoms in total. The molecule has 0 aliphatic carbocycles. The number of hydrogen-bond donors (Lipinski definition) is 1. The number of imidazole rings is 1. The van der Waals surface area contributed by atoms with Gasteiger partial charge in [0.1, 0.15) is 11.6 Å². The molecule has 0 saturated carbocycles. The lowest BCUT2D eigenvalue weighted by Gasteiger charge is -2.31. The molecule has 1 amide bonds. The minimum absolute atomic E-state index is 0.0202. The number of benzene rings is 2. The number of hydrogen-bond acceptors (Lipinski definition) is 4. The molecule has 1 saturated heterocycles. The van der Waals surface area contributed by atoms with E-state index in [1.54, 1.807) is 6.26 Å². The van der Waals surface area contributed by atoms with Crippen molar-refractivity contribution in [3.8, 4) is 11.3 Å². The maximum absolute atomic E-state index is 12.9. The molecule has 3 heterocycles. The third-order valence-corrected chi connectivity index (χ3v) is 6.08. The van der Waals surface area contributed by atoms with Gasteiger partial charge in [0.05, 0.1) is 29.8 Å². The number of carbonyl (C=O) groups excluding carboxylic acids is 1. The zero-order valence-corrected chi connectivity index (χ0v) is 17.6. The van der Waals surface area contributed by atoms with Gasteiger partial charge in [-0.3, -0.25) is 9.69 Å².